The maximum atomic E-state index is 10.5. The number of aliphatic carboxylic acids is 1. The van der Waals surface area contributed by atoms with Crippen LogP contribution in [-0.2, 0) is 4.79 Å². The highest BCUT2D eigenvalue weighted by Gasteiger charge is 2.11. The lowest BCUT2D eigenvalue weighted by molar-refractivity contribution is -0.137. The molecule has 74 valence electrons. The second-order valence-corrected chi connectivity index (χ2v) is 3.43. The van der Waals surface area contributed by atoms with Crippen molar-refractivity contribution < 1.29 is 9.90 Å². The van der Waals surface area contributed by atoms with Gasteiger partial charge in [0.05, 0.1) is 6.42 Å². The number of rotatable bonds is 4. The summed E-state index contributed by atoms with van der Waals surface area (Å²) in [6, 6.07) is 7.17. The van der Waals surface area contributed by atoms with E-state index in [1.54, 1.807) is 24.3 Å². The lowest BCUT2D eigenvalue weighted by Crippen LogP contribution is -2.03. The van der Waals surface area contributed by atoms with E-state index in [0.29, 0.717) is 5.02 Å². The van der Waals surface area contributed by atoms with Crippen molar-refractivity contribution in [3.05, 3.63) is 47.5 Å². The molecule has 1 rings (SSSR count). The second-order valence-electron chi connectivity index (χ2n) is 3.00. The van der Waals surface area contributed by atoms with Gasteiger partial charge in [-0.2, -0.15) is 0 Å². The smallest absolute Gasteiger partial charge is 0.304 e. The van der Waals surface area contributed by atoms with E-state index in [1.807, 2.05) is 6.07 Å². The van der Waals surface area contributed by atoms with Gasteiger partial charge in [0.2, 0.25) is 0 Å². The number of hydrogen-bond donors (Lipinski definition) is 1. The highest BCUT2D eigenvalue weighted by atomic mass is 35.5. The minimum absolute atomic E-state index is 0.0455. The fourth-order valence-electron chi connectivity index (χ4n) is 1.26. The first-order valence-electron chi connectivity index (χ1n) is 4.23. The van der Waals surface area contributed by atoms with Crippen LogP contribution in [0.25, 0.3) is 0 Å². The van der Waals surface area contributed by atoms with E-state index in [1.165, 1.54) is 0 Å². The Labute approximate surface area is 87.8 Å². The Morgan fingerprint density at radius 1 is 1.64 bits per heavy atom. The van der Waals surface area contributed by atoms with Gasteiger partial charge in [0.15, 0.2) is 0 Å². The molecule has 0 bridgehead atoms. The summed E-state index contributed by atoms with van der Waals surface area (Å²) in [4.78, 5) is 10.5. The number of allylic oxidation sites excluding steroid dienone is 1. The van der Waals surface area contributed by atoms with Crippen LogP contribution in [0.2, 0.25) is 5.02 Å². The molecule has 1 atom stereocenters. The van der Waals surface area contributed by atoms with Gasteiger partial charge in [0, 0.05) is 10.9 Å². The molecule has 14 heavy (non-hydrogen) atoms. The van der Waals surface area contributed by atoms with Gasteiger partial charge in [0.25, 0.3) is 0 Å². The third-order valence-electron chi connectivity index (χ3n) is 1.96. The average Bonchev–Trinajstić information content (AvgIpc) is 2.14. The molecule has 0 fully saturated rings. The summed E-state index contributed by atoms with van der Waals surface area (Å²) < 4.78 is 0. The molecule has 1 unspecified atom stereocenters. The molecule has 1 aromatic rings. The summed E-state index contributed by atoms with van der Waals surface area (Å²) in [5, 5.41) is 9.28. The Bertz CT molecular complexity index is 347. The van der Waals surface area contributed by atoms with Crippen molar-refractivity contribution in [3.8, 4) is 0 Å². The van der Waals surface area contributed by atoms with Gasteiger partial charge in [-0.15, -0.1) is 6.58 Å². The van der Waals surface area contributed by atoms with Gasteiger partial charge >= 0.3 is 5.97 Å². The molecule has 0 aliphatic rings. The molecule has 0 aromatic heterocycles. The van der Waals surface area contributed by atoms with E-state index < -0.39 is 5.97 Å². The highest BCUT2D eigenvalue weighted by molar-refractivity contribution is 6.30. The van der Waals surface area contributed by atoms with Gasteiger partial charge in [-0.1, -0.05) is 29.8 Å². The zero-order valence-corrected chi connectivity index (χ0v) is 8.37. The maximum absolute atomic E-state index is 10.5. The summed E-state index contributed by atoms with van der Waals surface area (Å²) in [6.07, 6.45) is 1.67. The monoisotopic (exact) mass is 210 g/mol. The van der Waals surface area contributed by atoms with E-state index >= 15 is 0 Å². The maximum Gasteiger partial charge on any atom is 0.304 e. The van der Waals surface area contributed by atoms with Gasteiger partial charge in [0.1, 0.15) is 0 Å². The summed E-state index contributed by atoms with van der Waals surface area (Å²) in [5.74, 6) is -1.01. The minimum Gasteiger partial charge on any atom is -0.481 e. The van der Waals surface area contributed by atoms with E-state index in [4.69, 9.17) is 16.7 Å². The quantitative estimate of drug-likeness (QED) is 0.776. The fraction of sp³-hybridized carbons (Fsp3) is 0.182. The number of benzene rings is 1. The van der Waals surface area contributed by atoms with Crippen LogP contribution in [0.5, 0.6) is 0 Å². The minimum atomic E-state index is -0.838. The molecule has 0 saturated carbocycles. The number of halogens is 1. The van der Waals surface area contributed by atoms with Crippen LogP contribution < -0.4 is 0 Å². The molecule has 2 nitrogen and oxygen atoms in total. The van der Waals surface area contributed by atoms with Crippen molar-refractivity contribution in [2.45, 2.75) is 12.3 Å². The molecular weight excluding hydrogens is 200 g/mol. The van der Waals surface area contributed by atoms with Crippen LogP contribution in [0.15, 0.2) is 36.9 Å². The van der Waals surface area contributed by atoms with E-state index in [-0.39, 0.29) is 12.3 Å². The molecule has 0 aliphatic heterocycles. The first kappa shape index (κ1) is 10.8. The zero-order chi connectivity index (χ0) is 10.6. The van der Waals surface area contributed by atoms with Crippen LogP contribution in [0.4, 0.5) is 0 Å². The molecular formula is C11H11ClO2. The van der Waals surface area contributed by atoms with Crippen LogP contribution >= 0.6 is 11.6 Å². The predicted octanol–water partition coefficient (Wildman–Crippen LogP) is 3.08. The molecule has 1 aromatic carbocycles. The largest absolute Gasteiger partial charge is 0.481 e. The molecule has 0 spiro atoms. The molecule has 0 amide bonds. The predicted molar refractivity (Wildman–Crippen MR) is 56.6 cm³/mol. The third-order valence-corrected chi connectivity index (χ3v) is 2.19. The standard InChI is InChI=1S/C11H11ClO2/c1-2-8(7-11(13)14)9-4-3-5-10(12)6-9/h2-6,8H,1,7H2,(H,13,14). The molecule has 0 heterocycles. The fourth-order valence-corrected chi connectivity index (χ4v) is 1.46. The van der Waals surface area contributed by atoms with Crippen molar-refractivity contribution in [2.75, 3.05) is 0 Å². The molecule has 3 heteroatoms. The van der Waals surface area contributed by atoms with Crippen LogP contribution in [0.1, 0.15) is 17.9 Å². The first-order chi connectivity index (χ1) is 6.63. The Balaban J connectivity index is 2.89. The van der Waals surface area contributed by atoms with Crippen molar-refractivity contribution in [1.29, 1.82) is 0 Å². The third kappa shape index (κ3) is 2.89. The molecule has 0 aliphatic carbocycles. The summed E-state index contributed by atoms with van der Waals surface area (Å²) in [5.41, 5.74) is 0.884. The van der Waals surface area contributed by atoms with Gasteiger partial charge in [-0.25, -0.2) is 0 Å². The summed E-state index contributed by atoms with van der Waals surface area (Å²) in [6.45, 7) is 3.61. The van der Waals surface area contributed by atoms with Crippen LogP contribution in [-0.4, -0.2) is 11.1 Å². The van der Waals surface area contributed by atoms with Crippen molar-refractivity contribution in [1.82, 2.24) is 0 Å². The Hall–Kier alpha value is -1.28. The number of carbonyl (C=O) groups is 1. The molecule has 0 saturated heterocycles. The summed E-state index contributed by atoms with van der Waals surface area (Å²) >= 11 is 5.80. The van der Waals surface area contributed by atoms with Gasteiger partial charge in [-0.3, -0.25) is 4.79 Å². The van der Waals surface area contributed by atoms with Crippen molar-refractivity contribution >= 4 is 17.6 Å². The molecule has 0 radical (unpaired) electrons. The van der Waals surface area contributed by atoms with E-state index in [9.17, 15) is 4.79 Å². The van der Waals surface area contributed by atoms with Crippen LogP contribution in [0, 0.1) is 0 Å². The SMILES string of the molecule is C=CC(CC(=O)O)c1cccc(Cl)c1. The van der Waals surface area contributed by atoms with Crippen molar-refractivity contribution in [3.63, 3.8) is 0 Å². The Kier molecular flexibility index (Phi) is 3.72. The zero-order valence-electron chi connectivity index (χ0n) is 7.61. The Morgan fingerprint density at radius 3 is 2.86 bits per heavy atom. The first-order valence-corrected chi connectivity index (χ1v) is 4.61. The number of hydrogen-bond acceptors (Lipinski definition) is 1. The number of carboxylic acids is 1. The van der Waals surface area contributed by atoms with Crippen LogP contribution in [0.3, 0.4) is 0 Å². The van der Waals surface area contributed by atoms with E-state index in [0.717, 1.165) is 5.56 Å². The lowest BCUT2D eigenvalue weighted by Gasteiger charge is -2.09. The van der Waals surface area contributed by atoms with Gasteiger partial charge < -0.3 is 5.11 Å². The average molecular weight is 211 g/mol. The lowest BCUT2D eigenvalue weighted by atomic mass is 9.96. The summed E-state index contributed by atoms with van der Waals surface area (Å²) in [7, 11) is 0. The Morgan fingerprint density at radius 2 is 2.36 bits per heavy atom. The number of carboxylic acid groups (broad SMARTS) is 1. The topological polar surface area (TPSA) is 37.3 Å². The van der Waals surface area contributed by atoms with Crippen molar-refractivity contribution in [2.24, 2.45) is 0 Å². The highest BCUT2D eigenvalue weighted by Crippen LogP contribution is 2.23. The molecule has 1 N–H and O–H groups in total. The second kappa shape index (κ2) is 4.82. The van der Waals surface area contributed by atoms with Gasteiger partial charge in [-0.05, 0) is 17.7 Å². The normalized spacial score (nSPS) is 12.1. The van der Waals surface area contributed by atoms with E-state index in [2.05, 4.69) is 6.58 Å².